The molecule has 1 unspecified atom stereocenters. The van der Waals surface area contributed by atoms with E-state index in [0.29, 0.717) is 11.4 Å². The van der Waals surface area contributed by atoms with Gasteiger partial charge in [-0.25, -0.2) is 0 Å². The molecule has 0 aliphatic carbocycles. The molecule has 94 valence electrons. The number of hydrogen-bond acceptors (Lipinski definition) is 3. The van der Waals surface area contributed by atoms with Gasteiger partial charge in [0.15, 0.2) is 0 Å². The number of aromatic nitrogens is 1. The predicted molar refractivity (Wildman–Crippen MR) is 70.6 cm³/mol. The highest BCUT2D eigenvalue weighted by atomic mass is 35.5. The topological polar surface area (TPSA) is 76.2 Å². The molecule has 0 bridgehead atoms. The van der Waals surface area contributed by atoms with Crippen molar-refractivity contribution in [3.63, 3.8) is 0 Å². The van der Waals surface area contributed by atoms with Gasteiger partial charge < -0.3 is 10.8 Å². The third-order valence-electron chi connectivity index (χ3n) is 2.90. The largest absolute Gasteiger partial charge is 0.481 e. The Morgan fingerprint density at radius 3 is 2.89 bits per heavy atom. The first-order valence-electron chi connectivity index (χ1n) is 5.58. The van der Waals surface area contributed by atoms with Crippen LogP contribution in [0.1, 0.15) is 5.56 Å². The standard InChI is InChI=1S/C13H13ClN2O2/c14-11-4-3-8(6-9(7-15)13(17)18)12-10(11)2-1-5-16-12/h1-5,9H,6-7,15H2,(H,17,18). The van der Waals surface area contributed by atoms with E-state index in [9.17, 15) is 4.79 Å². The maximum Gasteiger partial charge on any atom is 0.308 e. The Kier molecular flexibility index (Phi) is 3.79. The van der Waals surface area contributed by atoms with Crippen molar-refractivity contribution in [1.29, 1.82) is 0 Å². The van der Waals surface area contributed by atoms with Crippen molar-refractivity contribution >= 4 is 28.5 Å². The first kappa shape index (κ1) is 12.8. The molecular weight excluding hydrogens is 252 g/mol. The Morgan fingerprint density at radius 1 is 1.44 bits per heavy atom. The molecule has 18 heavy (non-hydrogen) atoms. The molecular formula is C13H13ClN2O2. The Morgan fingerprint density at radius 2 is 2.22 bits per heavy atom. The second kappa shape index (κ2) is 5.33. The molecule has 0 amide bonds. The van der Waals surface area contributed by atoms with E-state index in [1.807, 2.05) is 12.1 Å². The SMILES string of the molecule is NCC(Cc1ccc(Cl)c2cccnc12)C(=O)O. The van der Waals surface area contributed by atoms with Gasteiger partial charge in [0.2, 0.25) is 0 Å². The highest BCUT2D eigenvalue weighted by molar-refractivity contribution is 6.35. The first-order valence-corrected chi connectivity index (χ1v) is 5.96. The molecule has 1 aromatic heterocycles. The van der Waals surface area contributed by atoms with E-state index < -0.39 is 11.9 Å². The number of carboxylic acids is 1. The molecule has 0 aliphatic heterocycles. The summed E-state index contributed by atoms with van der Waals surface area (Å²) in [7, 11) is 0. The molecule has 0 radical (unpaired) electrons. The van der Waals surface area contributed by atoms with Crippen LogP contribution in [0.4, 0.5) is 0 Å². The fourth-order valence-corrected chi connectivity index (χ4v) is 2.11. The monoisotopic (exact) mass is 264 g/mol. The molecule has 0 fully saturated rings. The van der Waals surface area contributed by atoms with E-state index in [0.717, 1.165) is 16.5 Å². The number of fused-ring (bicyclic) bond motifs is 1. The summed E-state index contributed by atoms with van der Waals surface area (Å²) < 4.78 is 0. The third kappa shape index (κ3) is 2.44. The summed E-state index contributed by atoms with van der Waals surface area (Å²) in [5.41, 5.74) is 7.06. The lowest BCUT2D eigenvalue weighted by atomic mass is 9.97. The lowest BCUT2D eigenvalue weighted by Crippen LogP contribution is -2.25. The molecule has 4 nitrogen and oxygen atoms in total. The average Bonchev–Trinajstić information content (AvgIpc) is 2.38. The van der Waals surface area contributed by atoms with E-state index in [4.69, 9.17) is 22.4 Å². The molecule has 3 N–H and O–H groups in total. The fraction of sp³-hybridized carbons (Fsp3) is 0.231. The molecule has 1 atom stereocenters. The van der Waals surface area contributed by atoms with Crippen molar-refractivity contribution in [3.05, 3.63) is 41.0 Å². The molecule has 1 heterocycles. The van der Waals surface area contributed by atoms with E-state index in [1.165, 1.54) is 0 Å². The number of carbonyl (C=O) groups is 1. The minimum atomic E-state index is -0.892. The first-order chi connectivity index (χ1) is 8.63. The highest BCUT2D eigenvalue weighted by Crippen LogP contribution is 2.26. The van der Waals surface area contributed by atoms with Gasteiger partial charge in [-0.15, -0.1) is 0 Å². The van der Waals surface area contributed by atoms with Crippen LogP contribution >= 0.6 is 11.6 Å². The van der Waals surface area contributed by atoms with Gasteiger partial charge in [0.05, 0.1) is 11.4 Å². The molecule has 0 saturated carbocycles. The maximum atomic E-state index is 11.0. The lowest BCUT2D eigenvalue weighted by Gasteiger charge is -2.11. The molecule has 1 aromatic carbocycles. The van der Waals surface area contributed by atoms with Gasteiger partial charge in [-0.2, -0.15) is 0 Å². The Balaban J connectivity index is 2.45. The van der Waals surface area contributed by atoms with Crippen LogP contribution in [0.3, 0.4) is 0 Å². The van der Waals surface area contributed by atoms with Crippen LogP contribution in [-0.2, 0) is 11.2 Å². The van der Waals surface area contributed by atoms with Crippen molar-refractivity contribution in [3.8, 4) is 0 Å². The summed E-state index contributed by atoms with van der Waals surface area (Å²) in [4.78, 5) is 15.3. The van der Waals surface area contributed by atoms with Crippen LogP contribution in [0, 0.1) is 5.92 Å². The summed E-state index contributed by atoms with van der Waals surface area (Å²) in [6.45, 7) is 0.103. The van der Waals surface area contributed by atoms with Crippen LogP contribution in [0.2, 0.25) is 5.02 Å². The van der Waals surface area contributed by atoms with Gasteiger partial charge in [-0.1, -0.05) is 17.7 Å². The fourth-order valence-electron chi connectivity index (χ4n) is 1.90. The van der Waals surface area contributed by atoms with E-state index in [1.54, 1.807) is 18.3 Å². The van der Waals surface area contributed by atoms with Crippen LogP contribution < -0.4 is 5.73 Å². The van der Waals surface area contributed by atoms with E-state index in [-0.39, 0.29) is 6.54 Å². The number of pyridine rings is 1. The highest BCUT2D eigenvalue weighted by Gasteiger charge is 2.18. The summed E-state index contributed by atoms with van der Waals surface area (Å²) >= 11 is 6.08. The molecule has 0 spiro atoms. The second-order valence-corrected chi connectivity index (χ2v) is 4.49. The number of carboxylic acid groups (broad SMARTS) is 1. The van der Waals surface area contributed by atoms with Crippen molar-refractivity contribution in [2.75, 3.05) is 6.54 Å². The minimum absolute atomic E-state index is 0.103. The summed E-state index contributed by atoms with van der Waals surface area (Å²) in [6.07, 6.45) is 2.02. The van der Waals surface area contributed by atoms with Crippen LogP contribution in [0.15, 0.2) is 30.5 Å². The van der Waals surface area contributed by atoms with Crippen molar-refractivity contribution in [2.24, 2.45) is 11.7 Å². The number of aliphatic carboxylic acids is 1. The predicted octanol–water partition coefficient (Wildman–Crippen LogP) is 2.09. The van der Waals surface area contributed by atoms with Gasteiger partial charge >= 0.3 is 5.97 Å². The summed E-state index contributed by atoms with van der Waals surface area (Å²) in [6, 6.07) is 7.24. The zero-order valence-corrected chi connectivity index (χ0v) is 10.4. The van der Waals surface area contributed by atoms with Crippen molar-refractivity contribution in [1.82, 2.24) is 4.98 Å². The summed E-state index contributed by atoms with van der Waals surface area (Å²) in [5, 5.41) is 10.5. The zero-order valence-electron chi connectivity index (χ0n) is 9.64. The van der Waals surface area contributed by atoms with E-state index >= 15 is 0 Å². The lowest BCUT2D eigenvalue weighted by molar-refractivity contribution is -0.141. The smallest absolute Gasteiger partial charge is 0.308 e. The quantitative estimate of drug-likeness (QED) is 0.887. The van der Waals surface area contributed by atoms with Crippen molar-refractivity contribution in [2.45, 2.75) is 6.42 Å². The molecule has 0 aliphatic rings. The average molecular weight is 265 g/mol. The number of benzene rings is 1. The zero-order chi connectivity index (χ0) is 13.1. The summed E-state index contributed by atoms with van der Waals surface area (Å²) in [5.74, 6) is -1.49. The number of nitrogens with two attached hydrogens (primary N) is 1. The molecule has 2 rings (SSSR count). The molecule has 0 saturated heterocycles. The number of hydrogen-bond donors (Lipinski definition) is 2. The van der Waals surface area contributed by atoms with Crippen LogP contribution in [0.5, 0.6) is 0 Å². The molecule has 5 heteroatoms. The minimum Gasteiger partial charge on any atom is -0.481 e. The normalized spacial score (nSPS) is 12.6. The van der Waals surface area contributed by atoms with Gasteiger partial charge in [-0.3, -0.25) is 9.78 Å². The second-order valence-electron chi connectivity index (χ2n) is 4.08. The van der Waals surface area contributed by atoms with Gasteiger partial charge in [0.25, 0.3) is 0 Å². The Hall–Kier alpha value is -1.65. The third-order valence-corrected chi connectivity index (χ3v) is 3.23. The van der Waals surface area contributed by atoms with Crippen LogP contribution in [-0.4, -0.2) is 22.6 Å². The van der Waals surface area contributed by atoms with Crippen molar-refractivity contribution < 1.29 is 9.90 Å². The number of rotatable bonds is 4. The van der Waals surface area contributed by atoms with Gasteiger partial charge in [-0.05, 0) is 30.2 Å². The maximum absolute atomic E-state index is 11.0. The Labute approximate surface area is 109 Å². The van der Waals surface area contributed by atoms with Gasteiger partial charge in [0.1, 0.15) is 0 Å². The number of halogens is 1. The number of nitrogens with zero attached hydrogens (tertiary/aromatic N) is 1. The van der Waals surface area contributed by atoms with Crippen LogP contribution in [0.25, 0.3) is 10.9 Å². The molecule has 2 aromatic rings. The van der Waals surface area contributed by atoms with E-state index in [2.05, 4.69) is 4.98 Å². The van der Waals surface area contributed by atoms with Gasteiger partial charge in [0, 0.05) is 23.2 Å². The Bertz CT molecular complexity index is 586.